The molecule has 0 bridgehead atoms. The van der Waals surface area contributed by atoms with Crippen LogP contribution in [0.5, 0.6) is 0 Å². The minimum absolute atomic E-state index is 0.171. The van der Waals surface area contributed by atoms with Crippen LogP contribution in [0.25, 0.3) is 0 Å². The molecule has 1 aromatic heterocycles. The Morgan fingerprint density at radius 2 is 2.53 bits per heavy atom. The van der Waals surface area contributed by atoms with Gasteiger partial charge in [-0.05, 0) is 6.92 Å². The molecule has 0 amide bonds. The van der Waals surface area contributed by atoms with Gasteiger partial charge in [0, 0.05) is 19.6 Å². The Hall–Kier alpha value is -0.430. The van der Waals surface area contributed by atoms with Crippen LogP contribution >= 0.6 is 23.3 Å². The van der Waals surface area contributed by atoms with Crippen molar-refractivity contribution >= 4 is 29.1 Å². The minimum atomic E-state index is -0.840. The zero-order valence-electron chi connectivity index (χ0n) is 8.23. The molecule has 1 saturated heterocycles. The Kier molecular flexibility index (Phi) is 3.11. The summed E-state index contributed by atoms with van der Waals surface area (Å²) in [6, 6.07) is 0. The van der Waals surface area contributed by atoms with Gasteiger partial charge in [0.15, 0.2) is 11.0 Å². The van der Waals surface area contributed by atoms with Gasteiger partial charge in [-0.3, -0.25) is 0 Å². The Balaban J connectivity index is 1.96. The number of hydrogen-bond acceptors (Lipinski definition) is 6. The molecule has 2 unspecified atom stereocenters. The fourth-order valence-electron chi connectivity index (χ4n) is 1.52. The Labute approximate surface area is 96.7 Å². The highest BCUT2D eigenvalue weighted by Crippen LogP contribution is 2.27. The molecule has 1 aliphatic heterocycles. The third-order valence-electron chi connectivity index (χ3n) is 2.67. The summed E-state index contributed by atoms with van der Waals surface area (Å²) in [5, 5.41) is 13.5. The van der Waals surface area contributed by atoms with Crippen molar-refractivity contribution in [3.05, 3.63) is 5.15 Å². The molecule has 5 nitrogen and oxygen atoms in total. The standard InChI is InChI=1S/C8H12ClN3O2S/c1-5-8(13,2-3-14-5)4-10-7-6(9)11-15-12-7/h5,13H,2-4H2,1H3,(H,10,12). The Bertz CT molecular complexity index is 348. The fourth-order valence-corrected chi connectivity index (χ4v) is 2.21. The lowest BCUT2D eigenvalue weighted by Gasteiger charge is -2.25. The predicted molar refractivity (Wildman–Crippen MR) is 58.4 cm³/mol. The number of anilines is 1. The van der Waals surface area contributed by atoms with Gasteiger partial charge in [0.2, 0.25) is 0 Å². The van der Waals surface area contributed by atoms with Crippen LogP contribution < -0.4 is 5.32 Å². The second-order valence-corrected chi connectivity index (χ2v) is 4.51. The second kappa shape index (κ2) is 4.21. The average molecular weight is 250 g/mol. The van der Waals surface area contributed by atoms with Crippen molar-refractivity contribution in [3.63, 3.8) is 0 Å². The number of aliphatic hydroxyl groups is 1. The normalized spacial score (nSPS) is 30.7. The van der Waals surface area contributed by atoms with Crippen molar-refractivity contribution in [2.45, 2.75) is 25.0 Å². The number of rotatable bonds is 3. The number of aromatic nitrogens is 2. The monoisotopic (exact) mass is 249 g/mol. The summed E-state index contributed by atoms with van der Waals surface area (Å²) in [7, 11) is 0. The molecule has 15 heavy (non-hydrogen) atoms. The van der Waals surface area contributed by atoms with Crippen LogP contribution in [-0.2, 0) is 4.74 Å². The summed E-state index contributed by atoms with van der Waals surface area (Å²) in [5.74, 6) is 0.522. The maximum Gasteiger partial charge on any atom is 0.186 e. The van der Waals surface area contributed by atoms with Crippen molar-refractivity contribution in [2.75, 3.05) is 18.5 Å². The molecule has 1 fully saturated rings. The van der Waals surface area contributed by atoms with Crippen LogP contribution in [0.3, 0.4) is 0 Å². The lowest BCUT2D eigenvalue weighted by Crippen LogP contribution is -2.43. The fraction of sp³-hybridized carbons (Fsp3) is 0.750. The van der Waals surface area contributed by atoms with Gasteiger partial charge in [0.25, 0.3) is 0 Å². The third-order valence-corrected chi connectivity index (χ3v) is 3.56. The van der Waals surface area contributed by atoms with E-state index in [0.29, 0.717) is 30.5 Å². The van der Waals surface area contributed by atoms with E-state index in [1.54, 1.807) is 0 Å². The first-order chi connectivity index (χ1) is 7.12. The molecule has 2 N–H and O–H groups in total. The second-order valence-electron chi connectivity index (χ2n) is 3.62. The number of ether oxygens (including phenoxy) is 1. The van der Waals surface area contributed by atoms with Crippen LogP contribution in [0.4, 0.5) is 5.82 Å². The quantitative estimate of drug-likeness (QED) is 0.841. The highest BCUT2D eigenvalue weighted by atomic mass is 35.5. The first-order valence-electron chi connectivity index (χ1n) is 4.68. The summed E-state index contributed by atoms with van der Waals surface area (Å²) in [6.45, 7) is 2.82. The molecule has 0 aromatic carbocycles. The number of nitrogens with one attached hydrogen (secondary N) is 1. The SMILES string of the molecule is CC1OCCC1(O)CNc1nsnc1Cl. The van der Waals surface area contributed by atoms with Gasteiger partial charge in [0.1, 0.15) is 5.60 Å². The first-order valence-corrected chi connectivity index (χ1v) is 5.78. The zero-order valence-corrected chi connectivity index (χ0v) is 9.81. The van der Waals surface area contributed by atoms with Gasteiger partial charge >= 0.3 is 0 Å². The smallest absolute Gasteiger partial charge is 0.186 e. The predicted octanol–water partition coefficient (Wildman–Crippen LogP) is 1.14. The summed E-state index contributed by atoms with van der Waals surface area (Å²) < 4.78 is 13.1. The molecule has 0 saturated carbocycles. The van der Waals surface area contributed by atoms with Gasteiger partial charge in [0.05, 0.1) is 17.8 Å². The van der Waals surface area contributed by atoms with Crippen LogP contribution in [0.15, 0.2) is 0 Å². The van der Waals surface area contributed by atoms with Crippen LogP contribution in [0, 0.1) is 0 Å². The molecular formula is C8H12ClN3O2S. The Morgan fingerprint density at radius 1 is 1.73 bits per heavy atom. The van der Waals surface area contributed by atoms with E-state index in [4.69, 9.17) is 16.3 Å². The van der Waals surface area contributed by atoms with Gasteiger partial charge in [-0.25, -0.2) is 0 Å². The van der Waals surface area contributed by atoms with Crippen molar-refractivity contribution < 1.29 is 9.84 Å². The van der Waals surface area contributed by atoms with E-state index in [0.717, 1.165) is 11.7 Å². The van der Waals surface area contributed by atoms with Gasteiger partial charge in [-0.1, -0.05) is 11.6 Å². The van der Waals surface area contributed by atoms with Crippen molar-refractivity contribution in [1.29, 1.82) is 0 Å². The largest absolute Gasteiger partial charge is 0.385 e. The molecular weight excluding hydrogens is 238 g/mol. The van der Waals surface area contributed by atoms with Crippen molar-refractivity contribution in [3.8, 4) is 0 Å². The highest BCUT2D eigenvalue weighted by Gasteiger charge is 2.39. The maximum atomic E-state index is 10.2. The molecule has 84 valence electrons. The van der Waals surface area contributed by atoms with Crippen molar-refractivity contribution in [1.82, 2.24) is 8.75 Å². The van der Waals surface area contributed by atoms with E-state index < -0.39 is 5.60 Å². The third kappa shape index (κ3) is 2.23. The summed E-state index contributed by atoms with van der Waals surface area (Å²) >= 11 is 6.81. The molecule has 1 aromatic rings. The molecule has 2 rings (SSSR count). The lowest BCUT2D eigenvalue weighted by atomic mass is 9.97. The van der Waals surface area contributed by atoms with E-state index >= 15 is 0 Å². The first kappa shape index (κ1) is 11.1. The maximum absolute atomic E-state index is 10.2. The summed E-state index contributed by atoms with van der Waals surface area (Å²) in [5.41, 5.74) is -0.840. The zero-order chi connectivity index (χ0) is 10.9. The molecule has 0 radical (unpaired) electrons. The number of halogens is 1. The summed E-state index contributed by atoms with van der Waals surface area (Å²) in [4.78, 5) is 0. The minimum Gasteiger partial charge on any atom is -0.385 e. The molecule has 2 heterocycles. The molecule has 0 spiro atoms. The topological polar surface area (TPSA) is 67.3 Å². The van der Waals surface area contributed by atoms with Crippen LogP contribution in [0.1, 0.15) is 13.3 Å². The van der Waals surface area contributed by atoms with E-state index in [1.165, 1.54) is 0 Å². The van der Waals surface area contributed by atoms with E-state index in [9.17, 15) is 5.11 Å². The number of hydrogen-bond donors (Lipinski definition) is 2. The van der Waals surface area contributed by atoms with Gasteiger partial charge in [-0.15, -0.1) is 0 Å². The van der Waals surface area contributed by atoms with Crippen molar-refractivity contribution in [2.24, 2.45) is 0 Å². The van der Waals surface area contributed by atoms with Gasteiger partial charge < -0.3 is 15.2 Å². The van der Waals surface area contributed by atoms with Crippen LogP contribution in [0.2, 0.25) is 5.15 Å². The molecule has 2 atom stereocenters. The lowest BCUT2D eigenvalue weighted by molar-refractivity contribution is -0.0176. The number of nitrogens with zero attached hydrogens (tertiary/aromatic N) is 2. The molecule has 7 heteroatoms. The van der Waals surface area contributed by atoms with E-state index in [2.05, 4.69) is 14.1 Å². The van der Waals surface area contributed by atoms with E-state index in [-0.39, 0.29) is 6.10 Å². The summed E-state index contributed by atoms with van der Waals surface area (Å²) in [6.07, 6.45) is 0.450. The highest BCUT2D eigenvalue weighted by molar-refractivity contribution is 6.99. The Morgan fingerprint density at radius 3 is 3.07 bits per heavy atom. The van der Waals surface area contributed by atoms with E-state index in [1.807, 2.05) is 6.92 Å². The van der Waals surface area contributed by atoms with Crippen LogP contribution in [-0.4, -0.2) is 38.7 Å². The average Bonchev–Trinajstić information content (AvgIpc) is 2.73. The van der Waals surface area contributed by atoms with Gasteiger partial charge in [-0.2, -0.15) is 8.75 Å². The molecule has 0 aliphatic carbocycles. The molecule has 1 aliphatic rings.